The van der Waals surface area contributed by atoms with Crippen molar-refractivity contribution in [3.63, 3.8) is 0 Å². The second-order valence-corrected chi connectivity index (χ2v) is 4.67. The van der Waals surface area contributed by atoms with Crippen molar-refractivity contribution in [2.24, 2.45) is 0 Å². The molecule has 0 saturated carbocycles. The molecular weight excluding hydrogens is 294 g/mol. The molecule has 1 N–H and O–H groups in total. The van der Waals surface area contributed by atoms with E-state index < -0.39 is 0 Å². The minimum atomic E-state index is -0.251. The molecule has 1 amide bonds. The minimum Gasteiger partial charge on any atom is -0.494 e. The van der Waals surface area contributed by atoms with Crippen LogP contribution in [0.4, 0.5) is 5.69 Å². The molecule has 2 rings (SSSR count). The van der Waals surface area contributed by atoms with E-state index in [4.69, 9.17) is 14.2 Å². The predicted molar refractivity (Wildman–Crippen MR) is 89.3 cm³/mol. The first-order chi connectivity index (χ1) is 11.2. The van der Waals surface area contributed by atoms with Gasteiger partial charge in [-0.15, -0.1) is 0 Å². The standard InChI is InChI=1S/C18H21NO4/c1-3-21-14-8-7-9-15(12-14)23-13-18(20)19-16-10-5-6-11-17(16)22-4-2/h5-12H,3-4,13H2,1-2H3,(H,19,20). The van der Waals surface area contributed by atoms with Crippen LogP contribution in [0.1, 0.15) is 13.8 Å². The first kappa shape index (κ1) is 16.7. The van der Waals surface area contributed by atoms with Gasteiger partial charge in [0.15, 0.2) is 6.61 Å². The summed E-state index contributed by atoms with van der Waals surface area (Å²) in [5.41, 5.74) is 0.631. The number of rotatable bonds is 8. The largest absolute Gasteiger partial charge is 0.494 e. The van der Waals surface area contributed by atoms with Crippen molar-refractivity contribution in [1.82, 2.24) is 0 Å². The number of amides is 1. The van der Waals surface area contributed by atoms with E-state index in [0.29, 0.717) is 36.1 Å². The quantitative estimate of drug-likeness (QED) is 0.810. The maximum absolute atomic E-state index is 12.0. The molecule has 0 fully saturated rings. The van der Waals surface area contributed by atoms with Crippen molar-refractivity contribution in [2.45, 2.75) is 13.8 Å². The van der Waals surface area contributed by atoms with Crippen molar-refractivity contribution < 1.29 is 19.0 Å². The Morgan fingerprint density at radius 3 is 2.35 bits per heavy atom. The Bertz CT molecular complexity index is 642. The van der Waals surface area contributed by atoms with Crippen LogP contribution in [0.15, 0.2) is 48.5 Å². The number of hydrogen-bond donors (Lipinski definition) is 1. The summed E-state index contributed by atoms with van der Waals surface area (Å²) in [6, 6.07) is 14.5. The third-order valence-corrected chi connectivity index (χ3v) is 2.95. The maximum Gasteiger partial charge on any atom is 0.262 e. The average Bonchev–Trinajstić information content (AvgIpc) is 2.56. The van der Waals surface area contributed by atoms with E-state index in [2.05, 4.69) is 5.32 Å². The maximum atomic E-state index is 12.0. The van der Waals surface area contributed by atoms with Gasteiger partial charge >= 0.3 is 0 Å². The molecule has 0 aromatic heterocycles. The lowest BCUT2D eigenvalue weighted by Crippen LogP contribution is -2.20. The minimum absolute atomic E-state index is 0.0873. The number of carbonyl (C=O) groups excluding carboxylic acids is 1. The van der Waals surface area contributed by atoms with Gasteiger partial charge in [0.1, 0.15) is 17.2 Å². The molecule has 5 heteroatoms. The van der Waals surface area contributed by atoms with E-state index in [1.807, 2.05) is 44.2 Å². The summed E-state index contributed by atoms with van der Waals surface area (Å²) < 4.78 is 16.4. The van der Waals surface area contributed by atoms with Gasteiger partial charge in [-0.05, 0) is 38.1 Å². The van der Waals surface area contributed by atoms with Crippen molar-refractivity contribution in [3.8, 4) is 17.2 Å². The van der Waals surface area contributed by atoms with Gasteiger partial charge < -0.3 is 19.5 Å². The molecule has 0 aliphatic carbocycles. The zero-order valence-corrected chi connectivity index (χ0v) is 13.4. The van der Waals surface area contributed by atoms with E-state index >= 15 is 0 Å². The predicted octanol–water partition coefficient (Wildman–Crippen LogP) is 3.50. The molecule has 0 atom stereocenters. The summed E-state index contributed by atoms with van der Waals surface area (Å²) in [5, 5.41) is 2.79. The van der Waals surface area contributed by atoms with Gasteiger partial charge in [-0.25, -0.2) is 0 Å². The first-order valence-corrected chi connectivity index (χ1v) is 7.60. The van der Waals surface area contributed by atoms with Crippen molar-refractivity contribution >= 4 is 11.6 Å². The fraction of sp³-hybridized carbons (Fsp3) is 0.278. The van der Waals surface area contributed by atoms with Crippen molar-refractivity contribution in [2.75, 3.05) is 25.1 Å². The molecular formula is C18H21NO4. The van der Waals surface area contributed by atoms with Crippen LogP contribution in [0.2, 0.25) is 0 Å². The van der Waals surface area contributed by atoms with Gasteiger partial charge in [-0.1, -0.05) is 18.2 Å². The Balaban J connectivity index is 1.91. The zero-order chi connectivity index (χ0) is 16.5. The van der Waals surface area contributed by atoms with Crippen LogP contribution < -0.4 is 19.5 Å². The molecule has 0 radical (unpaired) electrons. The summed E-state index contributed by atoms with van der Waals surface area (Å²) in [5.74, 6) is 1.69. The number of para-hydroxylation sites is 2. The highest BCUT2D eigenvalue weighted by Crippen LogP contribution is 2.24. The Morgan fingerprint density at radius 1 is 0.913 bits per heavy atom. The molecule has 0 bridgehead atoms. The van der Waals surface area contributed by atoms with E-state index in [9.17, 15) is 4.79 Å². The van der Waals surface area contributed by atoms with Gasteiger partial charge in [0.2, 0.25) is 0 Å². The van der Waals surface area contributed by atoms with Gasteiger partial charge in [0.05, 0.1) is 18.9 Å². The second-order valence-electron chi connectivity index (χ2n) is 4.67. The summed E-state index contributed by atoms with van der Waals surface area (Å²) in [4.78, 5) is 12.0. The second kappa shape index (κ2) is 8.68. The smallest absolute Gasteiger partial charge is 0.262 e. The summed E-state index contributed by atoms with van der Waals surface area (Å²) in [6.45, 7) is 4.84. The fourth-order valence-electron chi connectivity index (χ4n) is 2.01. The Kier molecular flexibility index (Phi) is 6.29. The molecule has 5 nitrogen and oxygen atoms in total. The lowest BCUT2D eigenvalue weighted by molar-refractivity contribution is -0.118. The van der Waals surface area contributed by atoms with E-state index in [0.717, 1.165) is 0 Å². The van der Waals surface area contributed by atoms with Crippen LogP contribution in [-0.4, -0.2) is 25.7 Å². The number of benzene rings is 2. The number of carbonyl (C=O) groups is 1. The van der Waals surface area contributed by atoms with E-state index in [-0.39, 0.29) is 12.5 Å². The van der Waals surface area contributed by atoms with Gasteiger partial charge in [-0.3, -0.25) is 4.79 Å². The molecule has 0 heterocycles. The first-order valence-electron chi connectivity index (χ1n) is 7.60. The number of anilines is 1. The van der Waals surface area contributed by atoms with Crippen LogP contribution in [0.3, 0.4) is 0 Å². The normalized spacial score (nSPS) is 10.0. The SMILES string of the molecule is CCOc1cccc(OCC(=O)Nc2ccccc2OCC)c1. The number of ether oxygens (including phenoxy) is 3. The third-order valence-electron chi connectivity index (χ3n) is 2.95. The van der Waals surface area contributed by atoms with E-state index in [1.165, 1.54) is 0 Å². The lowest BCUT2D eigenvalue weighted by atomic mass is 10.3. The van der Waals surface area contributed by atoms with Gasteiger partial charge in [0.25, 0.3) is 5.91 Å². The van der Waals surface area contributed by atoms with Crippen LogP contribution in [0.5, 0.6) is 17.2 Å². The van der Waals surface area contributed by atoms with Crippen LogP contribution in [0.25, 0.3) is 0 Å². The lowest BCUT2D eigenvalue weighted by Gasteiger charge is -2.12. The van der Waals surface area contributed by atoms with Crippen LogP contribution in [-0.2, 0) is 4.79 Å². The molecule has 2 aromatic carbocycles. The third kappa shape index (κ3) is 5.21. The Hall–Kier alpha value is -2.69. The molecule has 0 unspecified atom stereocenters. The molecule has 122 valence electrons. The van der Waals surface area contributed by atoms with E-state index in [1.54, 1.807) is 18.2 Å². The van der Waals surface area contributed by atoms with Crippen molar-refractivity contribution in [1.29, 1.82) is 0 Å². The summed E-state index contributed by atoms with van der Waals surface area (Å²) in [6.07, 6.45) is 0. The Labute approximate surface area is 136 Å². The molecule has 0 spiro atoms. The van der Waals surface area contributed by atoms with Crippen LogP contribution in [0, 0.1) is 0 Å². The van der Waals surface area contributed by atoms with Crippen molar-refractivity contribution in [3.05, 3.63) is 48.5 Å². The molecule has 0 aliphatic rings. The highest BCUT2D eigenvalue weighted by Gasteiger charge is 2.08. The number of nitrogens with one attached hydrogen (secondary N) is 1. The molecule has 0 saturated heterocycles. The highest BCUT2D eigenvalue weighted by atomic mass is 16.5. The number of hydrogen-bond acceptors (Lipinski definition) is 4. The summed E-state index contributed by atoms with van der Waals surface area (Å²) in [7, 11) is 0. The Morgan fingerprint density at radius 2 is 1.61 bits per heavy atom. The van der Waals surface area contributed by atoms with Crippen LogP contribution >= 0.6 is 0 Å². The van der Waals surface area contributed by atoms with Gasteiger partial charge in [0, 0.05) is 6.07 Å². The monoisotopic (exact) mass is 315 g/mol. The molecule has 0 aliphatic heterocycles. The zero-order valence-electron chi connectivity index (χ0n) is 13.4. The average molecular weight is 315 g/mol. The molecule has 2 aromatic rings. The summed E-state index contributed by atoms with van der Waals surface area (Å²) >= 11 is 0. The molecule has 23 heavy (non-hydrogen) atoms. The topological polar surface area (TPSA) is 56.8 Å². The van der Waals surface area contributed by atoms with Gasteiger partial charge in [-0.2, -0.15) is 0 Å². The fourth-order valence-corrected chi connectivity index (χ4v) is 2.01. The highest BCUT2D eigenvalue weighted by molar-refractivity contribution is 5.93.